The second-order valence-corrected chi connectivity index (χ2v) is 27.0. The Morgan fingerprint density at radius 3 is 1.35 bits per heavy atom. The van der Waals surface area contributed by atoms with Crippen LogP contribution in [-0.2, 0) is 0 Å². The second-order valence-electron chi connectivity index (χ2n) is 7.84. The quantitative estimate of drug-likeness (QED) is 0.222. The Kier molecular flexibility index (Phi) is 14.4. The topological polar surface area (TPSA) is 0 Å². The molecule has 0 aliphatic heterocycles. The standard InChI is InChI=1S/C9H19Si.3C4H9.Sn/c1-5-9-10(6-2,7-3)8-4;3*1-3-4-2;/h5,9H,1,6-8H2,2-4H3;3*1,3-4H2,2H3;/b9-5+;;;;. The van der Waals surface area contributed by atoms with E-state index in [-0.39, 0.29) is 0 Å². The molecule has 0 aromatic carbocycles. The Balaban J connectivity index is 5.06. The van der Waals surface area contributed by atoms with Gasteiger partial charge in [-0.1, -0.05) is 0 Å². The van der Waals surface area contributed by atoms with Crippen molar-refractivity contribution in [3.8, 4) is 0 Å². The normalized spacial score (nSPS) is 13.1. The number of hydrogen-bond acceptors (Lipinski definition) is 0. The summed E-state index contributed by atoms with van der Waals surface area (Å²) in [4.78, 5) is 0. The maximum atomic E-state index is 2.78. The van der Waals surface area contributed by atoms with Crippen molar-refractivity contribution in [1.29, 1.82) is 0 Å². The van der Waals surface area contributed by atoms with Crippen LogP contribution in [0.15, 0.2) is 11.8 Å². The second kappa shape index (κ2) is 14.0. The van der Waals surface area contributed by atoms with Gasteiger partial charge in [0, 0.05) is 0 Å². The van der Waals surface area contributed by atoms with Crippen LogP contribution in [0.1, 0.15) is 80.1 Å². The fourth-order valence-electron chi connectivity index (χ4n) is 4.00. The first kappa shape index (κ1) is 23.8. The molecule has 0 saturated heterocycles. The Morgan fingerprint density at radius 1 is 0.652 bits per heavy atom. The molecule has 0 bridgehead atoms. The average Bonchev–Trinajstić information content (AvgIpc) is 2.60. The number of allylic oxidation sites excluding steroid dienone is 1. The van der Waals surface area contributed by atoms with E-state index in [0.717, 1.165) is 0 Å². The molecule has 0 N–H and O–H groups in total. The molecule has 0 rings (SSSR count). The summed E-state index contributed by atoms with van der Waals surface area (Å²) in [5.74, 6) is 0. The molecule has 138 valence electrons. The third-order valence-electron chi connectivity index (χ3n) is 6.32. The van der Waals surface area contributed by atoms with E-state index in [1.165, 1.54) is 56.7 Å². The van der Waals surface area contributed by atoms with Crippen molar-refractivity contribution in [2.75, 3.05) is 0 Å². The maximum absolute atomic E-state index is 2.78. The summed E-state index contributed by atoms with van der Waals surface area (Å²) >= 11 is -1.91. The minimum atomic E-state index is -1.91. The fourth-order valence-corrected chi connectivity index (χ4v) is 22.6. The van der Waals surface area contributed by atoms with Gasteiger partial charge in [-0.2, -0.15) is 0 Å². The van der Waals surface area contributed by atoms with Crippen molar-refractivity contribution in [1.82, 2.24) is 0 Å². The first-order chi connectivity index (χ1) is 11.1. The van der Waals surface area contributed by atoms with Gasteiger partial charge in [0.15, 0.2) is 0 Å². The van der Waals surface area contributed by atoms with Crippen LogP contribution >= 0.6 is 0 Å². The van der Waals surface area contributed by atoms with Gasteiger partial charge >= 0.3 is 154 Å². The molecule has 0 atom stereocenters. The zero-order valence-electron chi connectivity index (χ0n) is 17.3. The molecule has 0 saturated carbocycles. The minimum absolute atomic E-state index is 1.06. The SMILES string of the molecule is CCC[CH2][Sn]([CH2]/C=C/[Si](CC)(CC)CC)([CH2]CCC)[CH2]CCC. The van der Waals surface area contributed by atoms with Crippen molar-refractivity contribution >= 4 is 26.5 Å². The molecule has 0 fully saturated rings. The van der Waals surface area contributed by atoms with Crippen LogP contribution in [0.3, 0.4) is 0 Å². The summed E-state index contributed by atoms with van der Waals surface area (Å²) in [5.41, 5.74) is 2.78. The molecule has 0 aliphatic carbocycles. The molecule has 0 unspecified atom stereocenters. The first-order valence-electron chi connectivity index (χ1n) is 10.7. The van der Waals surface area contributed by atoms with E-state index in [0.29, 0.717) is 0 Å². The van der Waals surface area contributed by atoms with Gasteiger partial charge < -0.3 is 0 Å². The zero-order valence-corrected chi connectivity index (χ0v) is 21.2. The molecule has 0 radical (unpaired) electrons. The summed E-state index contributed by atoms with van der Waals surface area (Å²) in [5, 5.41) is 0. The molecule has 0 aliphatic rings. The molecular formula is C21H46SiSn. The molecule has 0 spiro atoms. The monoisotopic (exact) mass is 446 g/mol. The van der Waals surface area contributed by atoms with Gasteiger partial charge in [-0.25, -0.2) is 0 Å². The Bertz CT molecular complexity index is 264. The van der Waals surface area contributed by atoms with E-state index in [1.807, 2.05) is 0 Å². The van der Waals surface area contributed by atoms with E-state index in [9.17, 15) is 0 Å². The van der Waals surface area contributed by atoms with Crippen LogP contribution in [0, 0.1) is 0 Å². The predicted octanol–water partition coefficient (Wildman–Crippen LogP) is 8.44. The van der Waals surface area contributed by atoms with E-state index in [2.05, 4.69) is 53.3 Å². The van der Waals surface area contributed by atoms with Crippen LogP contribution < -0.4 is 0 Å². The first-order valence-corrected chi connectivity index (χ1v) is 21.5. The van der Waals surface area contributed by atoms with Crippen LogP contribution in [-0.4, -0.2) is 26.5 Å². The summed E-state index contributed by atoms with van der Waals surface area (Å²) in [6.45, 7) is 14.5. The van der Waals surface area contributed by atoms with Gasteiger partial charge in [0.05, 0.1) is 0 Å². The average molecular weight is 445 g/mol. The van der Waals surface area contributed by atoms with Crippen molar-refractivity contribution in [3.05, 3.63) is 11.8 Å². The number of unbranched alkanes of at least 4 members (excludes halogenated alkanes) is 3. The van der Waals surface area contributed by atoms with Crippen molar-refractivity contribution < 1.29 is 0 Å². The van der Waals surface area contributed by atoms with E-state index in [1.54, 1.807) is 17.7 Å². The molecule has 0 nitrogen and oxygen atoms in total. The van der Waals surface area contributed by atoms with Crippen molar-refractivity contribution in [3.63, 3.8) is 0 Å². The van der Waals surface area contributed by atoms with Crippen LogP contribution in [0.5, 0.6) is 0 Å². The molecule has 0 aromatic rings. The van der Waals surface area contributed by atoms with E-state index < -0.39 is 26.5 Å². The van der Waals surface area contributed by atoms with Gasteiger partial charge in [-0.05, 0) is 0 Å². The summed E-state index contributed by atoms with van der Waals surface area (Å²) in [6.07, 6.45) is 11.5. The Labute approximate surface area is 153 Å². The van der Waals surface area contributed by atoms with E-state index >= 15 is 0 Å². The van der Waals surface area contributed by atoms with Crippen LogP contribution in [0.25, 0.3) is 0 Å². The van der Waals surface area contributed by atoms with Crippen molar-refractivity contribution in [2.45, 2.75) is 116 Å². The van der Waals surface area contributed by atoms with Gasteiger partial charge in [0.25, 0.3) is 0 Å². The summed E-state index contributed by atoms with van der Waals surface area (Å²) < 4.78 is 6.54. The number of hydrogen-bond donors (Lipinski definition) is 0. The third kappa shape index (κ3) is 9.14. The molecule has 23 heavy (non-hydrogen) atoms. The summed E-state index contributed by atoms with van der Waals surface area (Å²) in [7, 11) is -1.06. The summed E-state index contributed by atoms with van der Waals surface area (Å²) in [6, 6.07) is 4.33. The van der Waals surface area contributed by atoms with Crippen LogP contribution in [0.4, 0.5) is 0 Å². The fraction of sp³-hybridized carbons (Fsp3) is 0.905. The molecule has 0 heterocycles. The van der Waals surface area contributed by atoms with Gasteiger partial charge in [0.1, 0.15) is 0 Å². The molecule has 2 heteroatoms. The van der Waals surface area contributed by atoms with Gasteiger partial charge in [-0.3, -0.25) is 0 Å². The van der Waals surface area contributed by atoms with Crippen molar-refractivity contribution in [2.24, 2.45) is 0 Å². The molecule has 0 aromatic heterocycles. The Morgan fingerprint density at radius 2 is 1.04 bits per heavy atom. The van der Waals surface area contributed by atoms with Gasteiger partial charge in [-0.15, -0.1) is 0 Å². The van der Waals surface area contributed by atoms with E-state index in [4.69, 9.17) is 0 Å². The third-order valence-corrected chi connectivity index (χ3v) is 26.7. The van der Waals surface area contributed by atoms with Gasteiger partial charge in [0.2, 0.25) is 0 Å². The zero-order chi connectivity index (χ0) is 17.6. The number of rotatable bonds is 15. The van der Waals surface area contributed by atoms with Crippen LogP contribution in [0.2, 0.25) is 35.9 Å². The molecule has 0 amide bonds. The predicted molar refractivity (Wildman–Crippen MR) is 116 cm³/mol. The Hall–Kier alpha value is 0.756. The molecular weight excluding hydrogens is 399 g/mol.